The van der Waals surface area contributed by atoms with Crippen molar-refractivity contribution in [1.29, 1.82) is 0 Å². The fourth-order valence-electron chi connectivity index (χ4n) is 2.98. The molecule has 0 amide bonds. The smallest absolute Gasteiger partial charge is 0.0377 e. The van der Waals surface area contributed by atoms with Crippen molar-refractivity contribution in [3.05, 3.63) is 24.0 Å². The van der Waals surface area contributed by atoms with Crippen LogP contribution in [0.5, 0.6) is 0 Å². The summed E-state index contributed by atoms with van der Waals surface area (Å²) in [6, 6.07) is 1.92. The van der Waals surface area contributed by atoms with Gasteiger partial charge in [0.15, 0.2) is 0 Å². The second kappa shape index (κ2) is 5.33. The van der Waals surface area contributed by atoms with Crippen LogP contribution in [0.25, 0.3) is 0 Å². The van der Waals surface area contributed by atoms with Gasteiger partial charge in [-0.1, -0.05) is 32.6 Å². The van der Waals surface area contributed by atoms with Gasteiger partial charge in [-0.2, -0.15) is 0 Å². The van der Waals surface area contributed by atoms with Gasteiger partial charge in [-0.15, -0.1) is 0 Å². The minimum Gasteiger partial charge on any atom is -0.398 e. The highest BCUT2D eigenvalue weighted by molar-refractivity contribution is 5.44. The maximum Gasteiger partial charge on any atom is 0.0377 e. The Bertz CT molecular complexity index is 335. The van der Waals surface area contributed by atoms with Crippen molar-refractivity contribution in [2.75, 3.05) is 5.73 Å². The van der Waals surface area contributed by atoms with E-state index in [1.54, 1.807) is 6.20 Å². The molecular weight excluding hydrogens is 196 g/mol. The van der Waals surface area contributed by atoms with E-state index in [2.05, 4.69) is 11.9 Å². The molecule has 88 valence electrons. The van der Waals surface area contributed by atoms with E-state index in [1.807, 2.05) is 12.3 Å². The molecule has 1 fully saturated rings. The summed E-state index contributed by atoms with van der Waals surface area (Å²) in [7, 11) is 0. The molecule has 2 nitrogen and oxygen atoms in total. The summed E-state index contributed by atoms with van der Waals surface area (Å²) in [4.78, 5) is 4.18. The van der Waals surface area contributed by atoms with Crippen LogP contribution in [0.4, 0.5) is 5.69 Å². The minimum absolute atomic E-state index is 0.824. The molecular formula is C14H22N2. The van der Waals surface area contributed by atoms with Gasteiger partial charge in [0.2, 0.25) is 0 Å². The molecule has 2 rings (SSSR count). The van der Waals surface area contributed by atoms with Gasteiger partial charge < -0.3 is 5.73 Å². The monoisotopic (exact) mass is 218 g/mol. The lowest BCUT2D eigenvalue weighted by Gasteiger charge is -2.31. The van der Waals surface area contributed by atoms with Gasteiger partial charge in [0.1, 0.15) is 0 Å². The van der Waals surface area contributed by atoms with Crippen LogP contribution >= 0.6 is 0 Å². The molecule has 0 saturated heterocycles. The van der Waals surface area contributed by atoms with Crippen molar-refractivity contribution >= 4 is 5.69 Å². The number of hydrogen-bond donors (Lipinski definition) is 1. The molecule has 0 radical (unpaired) electrons. The summed E-state index contributed by atoms with van der Waals surface area (Å²) < 4.78 is 0. The molecule has 0 bridgehead atoms. The molecule has 2 atom stereocenters. The molecule has 2 heteroatoms. The molecule has 2 N–H and O–H groups in total. The molecule has 1 heterocycles. The molecule has 1 aromatic rings. The highest BCUT2D eigenvalue weighted by Crippen LogP contribution is 2.35. The van der Waals surface area contributed by atoms with Crippen LogP contribution in [0, 0.1) is 11.8 Å². The quantitative estimate of drug-likeness (QED) is 0.844. The third-order valence-corrected chi connectivity index (χ3v) is 4.01. The van der Waals surface area contributed by atoms with Gasteiger partial charge in [0, 0.05) is 18.1 Å². The van der Waals surface area contributed by atoms with Gasteiger partial charge in [-0.25, -0.2) is 0 Å². The number of nitrogen functional groups attached to an aromatic ring is 1. The lowest BCUT2D eigenvalue weighted by Crippen LogP contribution is -2.21. The Labute approximate surface area is 98.3 Å². The van der Waals surface area contributed by atoms with Crippen LogP contribution in [0.2, 0.25) is 0 Å². The largest absolute Gasteiger partial charge is 0.398 e. The number of nitrogens with zero attached hydrogens (tertiary/aromatic N) is 1. The standard InChI is InChI=1S/C14H22N2/c1-2-11-5-3-4-6-12(11)9-13-10-16-8-7-14(13)15/h7-8,10-12H,2-6,9H2,1H3,(H2,15,16). The first-order valence-corrected chi connectivity index (χ1v) is 6.49. The summed E-state index contributed by atoms with van der Waals surface area (Å²) in [5.74, 6) is 1.72. The van der Waals surface area contributed by atoms with Crippen molar-refractivity contribution in [1.82, 2.24) is 4.98 Å². The van der Waals surface area contributed by atoms with Gasteiger partial charge in [0.25, 0.3) is 0 Å². The summed E-state index contributed by atoms with van der Waals surface area (Å²) in [6.07, 6.45) is 11.7. The second-order valence-electron chi connectivity index (χ2n) is 4.99. The Morgan fingerprint density at radius 2 is 2.06 bits per heavy atom. The molecule has 2 unspecified atom stereocenters. The topological polar surface area (TPSA) is 38.9 Å². The number of hydrogen-bond acceptors (Lipinski definition) is 2. The van der Waals surface area contributed by atoms with Crippen LogP contribution in [0.15, 0.2) is 18.5 Å². The van der Waals surface area contributed by atoms with E-state index in [0.29, 0.717) is 0 Å². The Morgan fingerprint density at radius 1 is 1.31 bits per heavy atom. The summed E-state index contributed by atoms with van der Waals surface area (Å²) in [5, 5.41) is 0. The average Bonchev–Trinajstić information content (AvgIpc) is 2.33. The summed E-state index contributed by atoms with van der Waals surface area (Å²) in [5.41, 5.74) is 8.14. The van der Waals surface area contributed by atoms with E-state index < -0.39 is 0 Å². The lowest BCUT2D eigenvalue weighted by molar-refractivity contribution is 0.229. The van der Waals surface area contributed by atoms with E-state index in [9.17, 15) is 0 Å². The maximum absolute atomic E-state index is 5.98. The van der Waals surface area contributed by atoms with Crippen molar-refractivity contribution < 1.29 is 0 Å². The zero-order valence-electron chi connectivity index (χ0n) is 10.2. The minimum atomic E-state index is 0.824. The van der Waals surface area contributed by atoms with Crippen LogP contribution in [-0.2, 0) is 6.42 Å². The second-order valence-corrected chi connectivity index (χ2v) is 4.99. The summed E-state index contributed by atoms with van der Waals surface area (Å²) in [6.45, 7) is 2.32. The number of nitrogens with two attached hydrogens (primary N) is 1. The van der Waals surface area contributed by atoms with Crippen molar-refractivity contribution in [2.45, 2.75) is 45.4 Å². The van der Waals surface area contributed by atoms with E-state index in [-0.39, 0.29) is 0 Å². The summed E-state index contributed by atoms with van der Waals surface area (Å²) >= 11 is 0. The Hall–Kier alpha value is -1.05. The van der Waals surface area contributed by atoms with Gasteiger partial charge >= 0.3 is 0 Å². The molecule has 1 aliphatic carbocycles. The third-order valence-electron chi connectivity index (χ3n) is 4.01. The molecule has 1 aliphatic rings. The van der Waals surface area contributed by atoms with Crippen molar-refractivity contribution in [3.8, 4) is 0 Å². The Balaban J connectivity index is 2.05. The predicted molar refractivity (Wildman–Crippen MR) is 68.1 cm³/mol. The van der Waals surface area contributed by atoms with Gasteiger partial charge in [0.05, 0.1) is 0 Å². The highest BCUT2D eigenvalue weighted by atomic mass is 14.7. The normalized spacial score (nSPS) is 25.6. The van der Waals surface area contributed by atoms with Crippen LogP contribution < -0.4 is 5.73 Å². The fourth-order valence-corrected chi connectivity index (χ4v) is 2.98. The number of aromatic nitrogens is 1. The number of anilines is 1. The fraction of sp³-hybridized carbons (Fsp3) is 0.643. The third kappa shape index (κ3) is 2.55. The Morgan fingerprint density at radius 3 is 2.75 bits per heavy atom. The molecule has 0 aliphatic heterocycles. The number of rotatable bonds is 3. The zero-order chi connectivity index (χ0) is 11.4. The average molecular weight is 218 g/mol. The molecule has 1 saturated carbocycles. The van der Waals surface area contributed by atoms with Gasteiger partial charge in [-0.05, 0) is 36.3 Å². The first-order valence-electron chi connectivity index (χ1n) is 6.49. The first kappa shape index (κ1) is 11.4. The van der Waals surface area contributed by atoms with Crippen molar-refractivity contribution in [3.63, 3.8) is 0 Å². The van der Waals surface area contributed by atoms with E-state index in [4.69, 9.17) is 5.73 Å². The molecule has 16 heavy (non-hydrogen) atoms. The zero-order valence-corrected chi connectivity index (χ0v) is 10.2. The SMILES string of the molecule is CCC1CCCCC1Cc1cnccc1N. The maximum atomic E-state index is 5.98. The Kier molecular flexibility index (Phi) is 3.81. The van der Waals surface area contributed by atoms with E-state index >= 15 is 0 Å². The van der Waals surface area contributed by atoms with Crippen LogP contribution in [0.3, 0.4) is 0 Å². The lowest BCUT2D eigenvalue weighted by atomic mass is 9.75. The predicted octanol–water partition coefficient (Wildman–Crippen LogP) is 3.42. The van der Waals surface area contributed by atoms with Gasteiger partial charge in [-0.3, -0.25) is 4.98 Å². The molecule has 1 aromatic heterocycles. The molecule has 0 spiro atoms. The van der Waals surface area contributed by atoms with Crippen molar-refractivity contribution in [2.24, 2.45) is 11.8 Å². The van der Waals surface area contributed by atoms with E-state index in [0.717, 1.165) is 23.9 Å². The van der Waals surface area contributed by atoms with E-state index in [1.165, 1.54) is 37.7 Å². The first-order chi connectivity index (χ1) is 7.81. The van der Waals surface area contributed by atoms with Crippen LogP contribution in [-0.4, -0.2) is 4.98 Å². The molecule has 0 aromatic carbocycles. The van der Waals surface area contributed by atoms with Crippen LogP contribution in [0.1, 0.15) is 44.6 Å². The highest BCUT2D eigenvalue weighted by Gasteiger charge is 2.24. The number of pyridine rings is 1.